The summed E-state index contributed by atoms with van der Waals surface area (Å²) >= 11 is 0. The third kappa shape index (κ3) is 3.04. The number of aryl methyl sites for hydroxylation is 1. The predicted molar refractivity (Wildman–Crippen MR) is 69.4 cm³/mol. The van der Waals surface area contributed by atoms with E-state index >= 15 is 0 Å². The Balaban J connectivity index is 2.20. The van der Waals surface area contributed by atoms with E-state index in [0.717, 1.165) is 17.2 Å². The molecule has 19 heavy (non-hydrogen) atoms. The van der Waals surface area contributed by atoms with E-state index in [1.807, 2.05) is 13.0 Å². The summed E-state index contributed by atoms with van der Waals surface area (Å²) in [5.41, 5.74) is 1.98. The van der Waals surface area contributed by atoms with Gasteiger partial charge in [-0.15, -0.1) is 0 Å². The Bertz CT molecular complexity index is 617. The molecule has 98 valence electrons. The van der Waals surface area contributed by atoms with Crippen LogP contribution in [0.1, 0.15) is 11.1 Å². The van der Waals surface area contributed by atoms with Crippen molar-refractivity contribution in [1.82, 2.24) is 4.98 Å². The topological polar surface area (TPSA) is 68.1 Å². The van der Waals surface area contributed by atoms with Gasteiger partial charge in [0.15, 0.2) is 0 Å². The van der Waals surface area contributed by atoms with Gasteiger partial charge in [-0.1, -0.05) is 0 Å². The van der Waals surface area contributed by atoms with Gasteiger partial charge < -0.3 is 5.32 Å². The molecule has 0 fully saturated rings. The molecule has 1 heterocycles. The van der Waals surface area contributed by atoms with Crippen LogP contribution < -0.4 is 5.32 Å². The molecular formula is C13H12FN3O2. The first-order chi connectivity index (χ1) is 9.08. The fourth-order valence-electron chi connectivity index (χ4n) is 1.68. The van der Waals surface area contributed by atoms with Crippen molar-refractivity contribution in [3.05, 3.63) is 63.7 Å². The van der Waals surface area contributed by atoms with Gasteiger partial charge in [-0.2, -0.15) is 0 Å². The van der Waals surface area contributed by atoms with Crippen LogP contribution in [-0.4, -0.2) is 9.91 Å². The Morgan fingerprint density at radius 1 is 1.42 bits per heavy atom. The van der Waals surface area contributed by atoms with E-state index in [9.17, 15) is 14.5 Å². The summed E-state index contributed by atoms with van der Waals surface area (Å²) in [7, 11) is 0. The van der Waals surface area contributed by atoms with Crippen LogP contribution in [0.3, 0.4) is 0 Å². The summed E-state index contributed by atoms with van der Waals surface area (Å²) in [4.78, 5) is 14.2. The van der Waals surface area contributed by atoms with E-state index in [1.54, 1.807) is 12.4 Å². The number of nitro groups is 1. The molecule has 0 spiro atoms. The van der Waals surface area contributed by atoms with Gasteiger partial charge in [-0.3, -0.25) is 15.1 Å². The van der Waals surface area contributed by atoms with Gasteiger partial charge >= 0.3 is 0 Å². The first-order valence-electron chi connectivity index (χ1n) is 5.65. The van der Waals surface area contributed by atoms with Crippen LogP contribution in [0.2, 0.25) is 0 Å². The van der Waals surface area contributed by atoms with Crippen LogP contribution >= 0.6 is 0 Å². The number of pyridine rings is 1. The monoisotopic (exact) mass is 261 g/mol. The summed E-state index contributed by atoms with van der Waals surface area (Å²) in [5.74, 6) is -0.630. The van der Waals surface area contributed by atoms with Gasteiger partial charge in [0, 0.05) is 18.9 Å². The fourth-order valence-corrected chi connectivity index (χ4v) is 1.68. The molecule has 5 nitrogen and oxygen atoms in total. The number of aromatic nitrogens is 1. The number of rotatable bonds is 4. The highest BCUT2D eigenvalue weighted by Crippen LogP contribution is 2.25. The van der Waals surface area contributed by atoms with Gasteiger partial charge in [-0.05, 0) is 36.2 Å². The van der Waals surface area contributed by atoms with Crippen molar-refractivity contribution < 1.29 is 9.31 Å². The second-order valence-corrected chi connectivity index (χ2v) is 4.07. The van der Waals surface area contributed by atoms with Crippen molar-refractivity contribution in [2.45, 2.75) is 13.5 Å². The van der Waals surface area contributed by atoms with Crippen LogP contribution in [0.25, 0.3) is 0 Å². The summed E-state index contributed by atoms with van der Waals surface area (Å²) in [6.45, 7) is 2.32. The largest absolute Gasteiger partial charge is 0.375 e. The molecule has 0 saturated heterocycles. The molecule has 0 radical (unpaired) electrons. The summed E-state index contributed by atoms with van der Waals surface area (Å²) in [6.07, 6.45) is 3.37. The zero-order valence-electron chi connectivity index (χ0n) is 10.3. The molecule has 1 N–H and O–H groups in total. The highest BCUT2D eigenvalue weighted by atomic mass is 19.1. The molecule has 0 aliphatic heterocycles. The van der Waals surface area contributed by atoms with Gasteiger partial charge in [0.25, 0.3) is 5.69 Å². The quantitative estimate of drug-likeness (QED) is 0.678. The van der Waals surface area contributed by atoms with E-state index in [0.29, 0.717) is 6.54 Å². The highest BCUT2D eigenvalue weighted by Gasteiger charge is 2.14. The number of anilines is 1. The molecule has 1 aromatic carbocycles. The lowest BCUT2D eigenvalue weighted by Crippen LogP contribution is -2.04. The Kier molecular flexibility index (Phi) is 3.70. The zero-order chi connectivity index (χ0) is 13.8. The maximum Gasteiger partial charge on any atom is 0.295 e. The Hall–Kier alpha value is -2.50. The normalized spacial score (nSPS) is 10.2. The van der Waals surface area contributed by atoms with E-state index in [1.165, 1.54) is 12.1 Å². The minimum Gasteiger partial charge on any atom is -0.375 e. The number of hydrogen-bond acceptors (Lipinski definition) is 4. The molecule has 0 aliphatic rings. The third-order valence-electron chi connectivity index (χ3n) is 2.77. The molecule has 0 bridgehead atoms. The van der Waals surface area contributed by atoms with Gasteiger partial charge in [0.05, 0.1) is 11.0 Å². The van der Waals surface area contributed by atoms with Crippen molar-refractivity contribution in [2.24, 2.45) is 0 Å². The number of nitro benzene ring substituents is 1. The molecule has 2 aromatic rings. The van der Waals surface area contributed by atoms with E-state index < -0.39 is 10.7 Å². The second-order valence-electron chi connectivity index (χ2n) is 4.07. The molecule has 1 aromatic heterocycles. The SMILES string of the molecule is Cc1ccncc1CNc1ccc(F)cc1[N+](=O)[O-]. The van der Waals surface area contributed by atoms with E-state index in [2.05, 4.69) is 10.3 Å². The van der Waals surface area contributed by atoms with E-state index in [4.69, 9.17) is 0 Å². The van der Waals surface area contributed by atoms with Crippen molar-refractivity contribution >= 4 is 11.4 Å². The van der Waals surface area contributed by atoms with E-state index in [-0.39, 0.29) is 11.4 Å². The average molecular weight is 261 g/mol. The summed E-state index contributed by atoms with van der Waals surface area (Å²) in [6, 6.07) is 5.30. The highest BCUT2D eigenvalue weighted by molar-refractivity contribution is 5.61. The van der Waals surface area contributed by atoms with Crippen molar-refractivity contribution in [2.75, 3.05) is 5.32 Å². The van der Waals surface area contributed by atoms with Crippen LogP contribution in [0.15, 0.2) is 36.7 Å². The number of hydrogen-bond donors (Lipinski definition) is 1. The van der Waals surface area contributed by atoms with Crippen LogP contribution in [0, 0.1) is 22.9 Å². The van der Waals surface area contributed by atoms with Crippen LogP contribution in [0.4, 0.5) is 15.8 Å². The summed E-state index contributed by atoms with van der Waals surface area (Å²) < 4.78 is 13.0. The Labute approximate surface area is 109 Å². The van der Waals surface area contributed by atoms with Gasteiger partial charge in [0.1, 0.15) is 11.5 Å². The molecule has 2 rings (SSSR count). The predicted octanol–water partition coefficient (Wildman–Crippen LogP) is 3.05. The molecule has 0 aliphatic carbocycles. The maximum atomic E-state index is 13.0. The smallest absolute Gasteiger partial charge is 0.295 e. The average Bonchev–Trinajstić information content (AvgIpc) is 2.38. The molecule has 0 unspecified atom stereocenters. The molecule has 0 saturated carbocycles. The second kappa shape index (κ2) is 5.43. The minimum absolute atomic E-state index is 0.276. The van der Waals surface area contributed by atoms with Gasteiger partial charge in [-0.25, -0.2) is 4.39 Å². The first-order valence-corrected chi connectivity index (χ1v) is 5.65. The van der Waals surface area contributed by atoms with Gasteiger partial charge in [0.2, 0.25) is 0 Å². The number of halogens is 1. The van der Waals surface area contributed by atoms with Crippen molar-refractivity contribution in [3.63, 3.8) is 0 Å². The lowest BCUT2D eigenvalue weighted by Gasteiger charge is -2.08. The number of nitrogens with zero attached hydrogens (tertiary/aromatic N) is 2. The Morgan fingerprint density at radius 2 is 2.21 bits per heavy atom. The third-order valence-corrected chi connectivity index (χ3v) is 2.77. The molecule has 6 heteroatoms. The van der Waals surface area contributed by atoms with Crippen molar-refractivity contribution in [1.29, 1.82) is 0 Å². The molecular weight excluding hydrogens is 249 g/mol. The van der Waals surface area contributed by atoms with Crippen LogP contribution in [-0.2, 0) is 6.54 Å². The summed E-state index contributed by atoms with van der Waals surface area (Å²) in [5, 5.41) is 13.8. The molecule has 0 atom stereocenters. The lowest BCUT2D eigenvalue weighted by atomic mass is 10.1. The maximum absolute atomic E-state index is 13.0. The van der Waals surface area contributed by atoms with Crippen molar-refractivity contribution in [3.8, 4) is 0 Å². The Morgan fingerprint density at radius 3 is 2.89 bits per heavy atom. The fraction of sp³-hybridized carbons (Fsp3) is 0.154. The zero-order valence-corrected chi connectivity index (χ0v) is 10.3. The number of benzene rings is 1. The lowest BCUT2D eigenvalue weighted by molar-refractivity contribution is -0.384. The molecule has 0 amide bonds. The van der Waals surface area contributed by atoms with Crippen LogP contribution in [0.5, 0.6) is 0 Å². The number of nitrogens with one attached hydrogen (secondary N) is 1. The first kappa shape index (κ1) is 12.9. The minimum atomic E-state index is -0.630. The standard InChI is InChI=1S/C13H12FN3O2/c1-9-4-5-15-7-10(9)8-16-12-3-2-11(14)6-13(12)17(18)19/h2-7,16H,8H2,1H3.